The number of ether oxygens (including phenoxy) is 2. The van der Waals surface area contributed by atoms with Crippen LogP contribution in [0.15, 0.2) is 24.8 Å². The van der Waals surface area contributed by atoms with Crippen LogP contribution in [0.4, 0.5) is 0 Å². The Morgan fingerprint density at radius 2 is 1.95 bits per heavy atom. The molecule has 0 aliphatic carbocycles. The van der Waals surface area contributed by atoms with Gasteiger partial charge in [0.1, 0.15) is 11.5 Å². The molecule has 0 saturated carbocycles. The first-order valence-corrected chi connectivity index (χ1v) is 7.51. The molecule has 0 spiro atoms. The van der Waals surface area contributed by atoms with E-state index in [1.54, 1.807) is 14.2 Å². The fraction of sp³-hybridized carbons (Fsp3) is 0.529. The first kappa shape index (κ1) is 15.7. The fourth-order valence-electron chi connectivity index (χ4n) is 3.11. The molecule has 0 aromatic heterocycles. The van der Waals surface area contributed by atoms with Crippen LogP contribution in [0.3, 0.4) is 0 Å². The van der Waals surface area contributed by atoms with E-state index in [0.29, 0.717) is 6.17 Å². The maximum atomic E-state index is 5.49. The highest BCUT2D eigenvalue weighted by atomic mass is 16.5. The lowest BCUT2D eigenvalue weighted by atomic mass is 10.1. The van der Waals surface area contributed by atoms with Gasteiger partial charge in [0.2, 0.25) is 0 Å². The van der Waals surface area contributed by atoms with Gasteiger partial charge in [-0.1, -0.05) is 19.6 Å². The quantitative estimate of drug-likeness (QED) is 0.804. The molecule has 1 aliphatic rings. The lowest BCUT2D eigenvalue weighted by Gasteiger charge is -2.35. The summed E-state index contributed by atoms with van der Waals surface area (Å²) in [5.41, 5.74) is 1.88. The van der Waals surface area contributed by atoms with Crippen molar-refractivity contribution in [3.8, 4) is 11.5 Å². The van der Waals surface area contributed by atoms with Gasteiger partial charge in [-0.05, 0) is 31.5 Å². The molecule has 0 radical (unpaired) electrons. The van der Waals surface area contributed by atoms with Gasteiger partial charge in [0.05, 0.1) is 25.9 Å². The van der Waals surface area contributed by atoms with Crippen LogP contribution < -0.4 is 9.47 Å². The standard InChI is InChI=1S/C17H26N2O2/c1-6-19-12-8-11-16(19)18(3)13(2)17-14(20-4)9-7-10-15(17)21-5/h7,9-10,16H,2,6,8,11-12H2,1,3-5H3. The predicted molar refractivity (Wildman–Crippen MR) is 86.6 cm³/mol. The van der Waals surface area contributed by atoms with Crippen LogP contribution in [0, 0.1) is 0 Å². The number of rotatable bonds is 6. The van der Waals surface area contributed by atoms with E-state index < -0.39 is 0 Å². The SMILES string of the molecule is C=C(c1c(OC)cccc1OC)N(C)C1CCCN1CC. The topological polar surface area (TPSA) is 24.9 Å². The zero-order valence-corrected chi connectivity index (χ0v) is 13.6. The third-order valence-electron chi connectivity index (χ3n) is 4.32. The molecule has 4 heteroatoms. The van der Waals surface area contributed by atoms with Crippen molar-refractivity contribution in [2.45, 2.75) is 25.9 Å². The van der Waals surface area contributed by atoms with E-state index >= 15 is 0 Å². The highest BCUT2D eigenvalue weighted by Crippen LogP contribution is 2.37. The average molecular weight is 290 g/mol. The van der Waals surface area contributed by atoms with Crippen LogP contribution >= 0.6 is 0 Å². The van der Waals surface area contributed by atoms with Crippen molar-refractivity contribution in [2.24, 2.45) is 0 Å². The van der Waals surface area contributed by atoms with E-state index in [1.165, 1.54) is 12.8 Å². The molecule has 116 valence electrons. The Kier molecular flexibility index (Phi) is 5.12. The van der Waals surface area contributed by atoms with Crippen molar-refractivity contribution in [3.05, 3.63) is 30.3 Å². The highest BCUT2D eigenvalue weighted by Gasteiger charge is 2.29. The second-order valence-electron chi connectivity index (χ2n) is 5.35. The first-order valence-electron chi connectivity index (χ1n) is 7.51. The molecule has 1 heterocycles. The van der Waals surface area contributed by atoms with Gasteiger partial charge in [0.15, 0.2) is 0 Å². The Morgan fingerprint density at radius 1 is 1.33 bits per heavy atom. The van der Waals surface area contributed by atoms with Crippen LogP contribution in [0.5, 0.6) is 11.5 Å². The number of nitrogens with zero attached hydrogens (tertiary/aromatic N) is 2. The van der Waals surface area contributed by atoms with Crippen LogP contribution in [-0.2, 0) is 0 Å². The predicted octanol–water partition coefficient (Wildman–Crippen LogP) is 3.05. The number of hydrogen-bond donors (Lipinski definition) is 0. The first-order chi connectivity index (χ1) is 10.1. The molecule has 1 aliphatic heterocycles. The summed E-state index contributed by atoms with van der Waals surface area (Å²) in [5, 5.41) is 0. The Bertz CT molecular complexity index is 479. The van der Waals surface area contributed by atoms with Gasteiger partial charge in [-0.3, -0.25) is 4.90 Å². The fourth-order valence-corrected chi connectivity index (χ4v) is 3.11. The summed E-state index contributed by atoms with van der Waals surface area (Å²) in [6.07, 6.45) is 2.80. The smallest absolute Gasteiger partial charge is 0.131 e. The van der Waals surface area contributed by atoms with E-state index in [4.69, 9.17) is 9.47 Å². The monoisotopic (exact) mass is 290 g/mol. The summed E-state index contributed by atoms with van der Waals surface area (Å²) in [7, 11) is 5.46. The van der Waals surface area contributed by atoms with Crippen molar-refractivity contribution >= 4 is 5.70 Å². The Labute approximate surface area is 127 Å². The molecule has 2 rings (SSSR count). The number of hydrogen-bond acceptors (Lipinski definition) is 4. The van der Waals surface area contributed by atoms with E-state index in [0.717, 1.165) is 35.8 Å². The van der Waals surface area contributed by atoms with Gasteiger partial charge in [-0.25, -0.2) is 0 Å². The molecular weight excluding hydrogens is 264 g/mol. The molecule has 1 atom stereocenters. The third kappa shape index (κ3) is 3.00. The minimum absolute atomic E-state index is 0.400. The zero-order chi connectivity index (χ0) is 15.4. The summed E-state index contributed by atoms with van der Waals surface area (Å²) in [6, 6.07) is 5.83. The van der Waals surface area contributed by atoms with E-state index in [9.17, 15) is 0 Å². The summed E-state index contributed by atoms with van der Waals surface area (Å²) >= 11 is 0. The van der Waals surface area contributed by atoms with Gasteiger partial charge in [0, 0.05) is 19.3 Å². The average Bonchev–Trinajstić information content (AvgIpc) is 3.01. The minimum Gasteiger partial charge on any atom is -0.496 e. The van der Waals surface area contributed by atoms with Crippen LogP contribution in [0.25, 0.3) is 5.70 Å². The highest BCUT2D eigenvalue weighted by molar-refractivity contribution is 5.73. The molecule has 1 aromatic carbocycles. The summed E-state index contributed by atoms with van der Waals surface area (Å²) in [4.78, 5) is 4.73. The molecular formula is C17H26N2O2. The van der Waals surface area contributed by atoms with E-state index in [2.05, 4.69) is 30.4 Å². The Morgan fingerprint density at radius 3 is 2.48 bits per heavy atom. The maximum Gasteiger partial charge on any atom is 0.131 e. The molecule has 1 fully saturated rings. The normalized spacial score (nSPS) is 18.6. The third-order valence-corrected chi connectivity index (χ3v) is 4.32. The minimum atomic E-state index is 0.400. The van der Waals surface area contributed by atoms with Gasteiger partial charge in [0.25, 0.3) is 0 Å². The number of likely N-dealkylation sites (tertiary alicyclic amines) is 1. The van der Waals surface area contributed by atoms with Crippen molar-refractivity contribution < 1.29 is 9.47 Å². The molecule has 4 nitrogen and oxygen atoms in total. The molecule has 0 bridgehead atoms. The molecule has 21 heavy (non-hydrogen) atoms. The Hall–Kier alpha value is -1.68. The van der Waals surface area contributed by atoms with Crippen molar-refractivity contribution in [1.29, 1.82) is 0 Å². The number of methoxy groups -OCH3 is 2. The van der Waals surface area contributed by atoms with Gasteiger partial charge < -0.3 is 14.4 Å². The van der Waals surface area contributed by atoms with Gasteiger partial charge >= 0.3 is 0 Å². The van der Waals surface area contributed by atoms with Gasteiger partial charge in [-0.2, -0.15) is 0 Å². The summed E-state index contributed by atoms with van der Waals surface area (Å²) < 4.78 is 11.0. The van der Waals surface area contributed by atoms with Crippen LogP contribution in [0.2, 0.25) is 0 Å². The second-order valence-corrected chi connectivity index (χ2v) is 5.35. The van der Waals surface area contributed by atoms with Crippen molar-refractivity contribution in [1.82, 2.24) is 9.80 Å². The zero-order valence-electron chi connectivity index (χ0n) is 13.6. The second kappa shape index (κ2) is 6.85. The lowest BCUT2D eigenvalue weighted by molar-refractivity contribution is 0.151. The van der Waals surface area contributed by atoms with E-state index in [1.807, 2.05) is 18.2 Å². The van der Waals surface area contributed by atoms with Crippen molar-refractivity contribution in [3.63, 3.8) is 0 Å². The lowest BCUT2D eigenvalue weighted by Crippen LogP contribution is -2.41. The van der Waals surface area contributed by atoms with Gasteiger partial charge in [-0.15, -0.1) is 0 Å². The molecule has 0 N–H and O–H groups in total. The largest absolute Gasteiger partial charge is 0.496 e. The maximum absolute atomic E-state index is 5.49. The summed E-state index contributed by atoms with van der Waals surface area (Å²) in [5.74, 6) is 1.60. The van der Waals surface area contributed by atoms with E-state index in [-0.39, 0.29) is 0 Å². The van der Waals surface area contributed by atoms with Crippen LogP contribution in [-0.4, -0.2) is 50.3 Å². The molecule has 1 unspecified atom stereocenters. The Balaban J connectivity index is 2.31. The van der Waals surface area contributed by atoms with Crippen LogP contribution in [0.1, 0.15) is 25.3 Å². The summed E-state index contributed by atoms with van der Waals surface area (Å²) in [6.45, 7) is 8.72. The van der Waals surface area contributed by atoms with Crippen molar-refractivity contribution in [2.75, 3.05) is 34.4 Å². The molecule has 1 aromatic rings. The molecule has 1 saturated heterocycles. The molecule has 0 amide bonds. The number of benzene rings is 1.